The first-order valence-corrected chi connectivity index (χ1v) is 7.77. The van der Waals surface area contributed by atoms with Crippen molar-refractivity contribution in [2.24, 2.45) is 0 Å². The summed E-state index contributed by atoms with van der Waals surface area (Å²) in [5, 5.41) is 12.3. The fourth-order valence-electron chi connectivity index (χ4n) is 1.27. The molecule has 1 atom stereocenters. The van der Waals surface area contributed by atoms with Gasteiger partial charge in [-0.2, -0.15) is 0 Å². The van der Waals surface area contributed by atoms with Crippen molar-refractivity contribution in [1.82, 2.24) is 10.4 Å². The van der Waals surface area contributed by atoms with Crippen LogP contribution in [0.4, 0.5) is 0 Å². The molecule has 0 aromatic heterocycles. The Balaban J connectivity index is 4.13. The predicted octanol–water partition coefficient (Wildman–Crippen LogP) is 1.52. The normalized spacial score (nSPS) is 13.6. The van der Waals surface area contributed by atoms with Crippen molar-refractivity contribution in [3.8, 4) is 0 Å². The van der Waals surface area contributed by atoms with E-state index in [1.165, 1.54) is 0 Å². The van der Waals surface area contributed by atoms with Gasteiger partial charge in [-0.3, -0.25) is 15.3 Å². The number of nitrogens with zero attached hydrogens (tertiary/aromatic N) is 1. The van der Waals surface area contributed by atoms with Crippen LogP contribution in [0.2, 0.25) is 0 Å². The zero-order valence-corrected chi connectivity index (χ0v) is 10.5. The van der Waals surface area contributed by atoms with Crippen molar-refractivity contribution >= 4 is 13.6 Å². The molecular formula is C9H21N2O3P. The highest BCUT2D eigenvalue weighted by atomic mass is 31.2. The molecule has 6 heteroatoms. The number of nitrogens with one attached hydrogen (secondary N) is 1. The molecule has 0 aromatic rings. The Labute approximate surface area is 91.2 Å². The van der Waals surface area contributed by atoms with E-state index in [1.807, 2.05) is 0 Å². The summed E-state index contributed by atoms with van der Waals surface area (Å²) in [7, 11) is -2.24. The smallest absolute Gasteiger partial charge is 0.234 e. The van der Waals surface area contributed by atoms with E-state index >= 15 is 0 Å². The molecule has 0 heterocycles. The van der Waals surface area contributed by atoms with Gasteiger partial charge in [0.05, 0.1) is 19.6 Å². The largest absolute Gasteiger partial charge is 0.323 e. The fourth-order valence-corrected chi connectivity index (χ4v) is 2.59. The maximum absolute atomic E-state index is 11.9. The Morgan fingerprint density at radius 2 is 2.13 bits per heavy atom. The second kappa shape index (κ2) is 6.99. The van der Waals surface area contributed by atoms with Gasteiger partial charge in [-0.25, -0.2) is 5.06 Å². The molecule has 0 bridgehead atoms. The van der Waals surface area contributed by atoms with Crippen LogP contribution in [0.3, 0.4) is 0 Å². The Morgan fingerprint density at radius 3 is 2.53 bits per heavy atom. The van der Waals surface area contributed by atoms with Crippen molar-refractivity contribution in [2.75, 3.05) is 20.0 Å². The standard InChI is InChI=1S/C9H21N2O3P/c1-4-5-6-9(15(2,3)14)10-7-11(13)8-12/h8-10,13H,4-7H2,1-3H3. The molecule has 5 nitrogen and oxygen atoms in total. The number of hydroxylamine groups is 2. The average Bonchev–Trinajstić information content (AvgIpc) is 2.15. The zero-order chi connectivity index (χ0) is 11.9. The molecule has 0 aliphatic heterocycles. The zero-order valence-electron chi connectivity index (χ0n) is 9.64. The van der Waals surface area contributed by atoms with Gasteiger partial charge in [0.15, 0.2) is 0 Å². The average molecular weight is 236 g/mol. The molecule has 0 saturated carbocycles. The summed E-state index contributed by atoms with van der Waals surface area (Å²) in [6.45, 7) is 5.51. The number of hydrogen-bond donors (Lipinski definition) is 2. The second-order valence-corrected chi connectivity index (χ2v) is 7.49. The van der Waals surface area contributed by atoms with Crippen molar-refractivity contribution in [2.45, 2.75) is 32.0 Å². The molecule has 0 aromatic carbocycles. The molecule has 0 aliphatic carbocycles. The summed E-state index contributed by atoms with van der Waals surface area (Å²) in [4.78, 5) is 10.1. The first-order valence-electron chi connectivity index (χ1n) is 5.10. The molecule has 0 radical (unpaired) electrons. The number of rotatable bonds is 8. The van der Waals surface area contributed by atoms with E-state index in [0.29, 0.717) is 11.5 Å². The van der Waals surface area contributed by atoms with E-state index in [0.717, 1.165) is 19.3 Å². The van der Waals surface area contributed by atoms with Crippen LogP contribution in [0.1, 0.15) is 26.2 Å². The van der Waals surface area contributed by atoms with Crippen LogP contribution in [0, 0.1) is 0 Å². The van der Waals surface area contributed by atoms with Crippen LogP contribution >= 0.6 is 7.14 Å². The predicted molar refractivity (Wildman–Crippen MR) is 60.5 cm³/mol. The van der Waals surface area contributed by atoms with E-state index in [-0.39, 0.29) is 12.5 Å². The summed E-state index contributed by atoms with van der Waals surface area (Å²) >= 11 is 0. The van der Waals surface area contributed by atoms with Gasteiger partial charge in [0, 0.05) is 0 Å². The maximum Gasteiger partial charge on any atom is 0.234 e. The second-order valence-electron chi connectivity index (χ2n) is 4.00. The van der Waals surface area contributed by atoms with Gasteiger partial charge >= 0.3 is 0 Å². The topological polar surface area (TPSA) is 69.6 Å². The van der Waals surface area contributed by atoms with Gasteiger partial charge in [-0.1, -0.05) is 19.8 Å². The van der Waals surface area contributed by atoms with Crippen molar-refractivity contribution in [3.05, 3.63) is 0 Å². The van der Waals surface area contributed by atoms with Gasteiger partial charge in [0.1, 0.15) is 0 Å². The third-order valence-electron chi connectivity index (χ3n) is 2.19. The van der Waals surface area contributed by atoms with Crippen molar-refractivity contribution in [1.29, 1.82) is 0 Å². The lowest BCUT2D eigenvalue weighted by molar-refractivity contribution is -0.151. The fraction of sp³-hybridized carbons (Fsp3) is 0.889. The van der Waals surface area contributed by atoms with Crippen LogP contribution in [0.25, 0.3) is 0 Å². The van der Waals surface area contributed by atoms with E-state index in [9.17, 15) is 9.36 Å². The Bertz CT molecular complexity index is 229. The highest BCUT2D eigenvalue weighted by Gasteiger charge is 2.22. The van der Waals surface area contributed by atoms with Crippen molar-refractivity contribution < 1.29 is 14.6 Å². The van der Waals surface area contributed by atoms with Crippen LogP contribution in [-0.2, 0) is 9.36 Å². The van der Waals surface area contributed by atoms with Crippen LogP contribution in [-0.4, -0.2) is 42.5 Å². The molecule has 1 amide bonds. The molecule has 90 valence electrons. The van der Waals surface area contributed by atoms with E-state index in [4.69, 9.17) is 5.21 Å². The van der Waals surface area contributed by atoms with Gasteiger partial charge in [0.25, 0.3) is 0 Å². The number of carbonyl (C=O) groups is 1. The first-order chi connectivity index (χ1) is 6.91. The van der Waals surface area contributed by atoms with Crippen LogP contribution in [0.5, 0.6) is 0 Å². The Kier molecular flexibility index (Phi) is 6.81. The van der Waals surface area contributed by atoms with Crippen LogP contribution in [0.15, 0.2) is 0 Å². The molecule has 2 N–H and O–H groups in total. The lowest BCUT2D eigenvalue weighted by Gasteiger charge is -2.23. The first kappa shape index (κ1) is 14.6. The number of carbonyl (C=O) groups excluding carboxylic acids is 1. The number of amides is 1. The minimum atomic E-state index is -2.24. The summed E-state index contributed by atoms with van der Waals surface area (Å²) in [6, 6.07) is 0. The van der Waals surface area contributed by atoms with Gasteiger partial charge < -0.3 is 4.57 Å². The molecule has 0 saturated heterocycles. The molecular weight excluding hydrogens is 215 g/mol. The summed E-state index contributed by atoms with van der Waals surface area (Å²) in [5.74, 6) is -0.132. The summed E-state index contributed by atoms with van der Waals surface area (Å²) in [5.41, 5.74) is 0. The Morgan fingerprint density at radius 1 is 1.53 bits per heavy atom. The van der Waals surface area contributed by atoms with E-state index in [1.54, 1.807) is 13.3 Å². The lowest BCUT2D eigenvalue weighted by atomic mass is 10.2. The van der Waals surface area contributed by atoms with Crippen molar-refractivity contribution in [3.63, 3.8) is 0 Å². The highest BCUT2D eigenvalue weighted by molar-refractivity contribution is 7.63. The van der Waals surface area contributed by atoms with E-state index in [2.05, 4.69) is 12.2 Å². The van der Waals surface area contributed by atoms with Gasteiger partial charge in [0.2, 0.25) is 6.41 Å². The van der Waals surface area contributed by atoms with E-state index < -0.39 is 7.14 Å². The number of unbranched alkanes of at least 4 members (excludes halogenated alkanes) is 1. The summed E-state index contributed by atoms with van der Waals surface area (Å²) < 4.78 is 11.9. The molecule has 0 fully saturated rings. The molecule has 15 heavy (non-hydrogen) atoms. The third kappa shape index (κ3) is 6.66. The van der Waals surface area contributed by atoms with Crippen LogP contribution < -0.4 is 5.32 Å². The highest BCUT2D eigenvalue weighted by Crippen LogP contribution is 2.43. The quantitative estimate of drug-likeness (QED) is 0.220. The maximum atomic E-state index is 11.9. The van der Waals surface area contributed by atoms with Gasteiger partial charge in [-0.15, -0.1) is 0 Å². The third-order valence-corrected chi connectivity index (χ3v) is 4.13. The molecule has 0 rings (SSSR count). The molecule has 0 spiro atoms. The minimum Gasteiger partial charge on any atom is -0.323 e. The lowest BCUT2D eigenvalue weighted by Crippen LogP contribution is -2.37. The summed E-state index contributed by atoms with van der Waals surface area (Å²) in [6.07, 6.45) is 3.14. The molecule has 1 unspecified atom stereocenters. The van der Waals surface area contributed by atoms with Gasteiger partial charge in [-0.05, 0) is 19.8 Å². The minimum absolute atomic E-state index is 0.0174. The monoisotopic (exact) mass is 236 g/mol. The SMILES string of the molecule is CCCCC(NCN(O)C=O)P(C)(C)=O. The Hall–Kier alpha value is -0.380. The molecule has 0 aliphatic rings. The number of hydrogen-bond acceptors (Lipinski definition) is 4.